The van der Waals surface area contributed by atoms with Crippen molar-refractivity contribution in [2.75, 3.05) is 11.1 Å². The summed E-state index contributed by atoms with van der Waals surface area (Å²) < 4.78 is 36.2. The summed E-state index contributed by atoms with van der Waals surface area (Å²) in [4.78, 5) is 12.7. The Labute approximate surface area is 154 Å². The van der Waals surface area contributed by atoms with Crippen molar-refractivity contribution < 1.29 is 17.6 Å². The molecule has 0 aliphatic carbocycles. The van der Waals surface area contributed by atoms with E-state index in [2.05, 4.69) is 5.32 Å². The van der Waals surface area contributed by atoms with Crippen LogP contribution in [0.4, 0.5) is 10.1 Å². The van der Waals surface area contributed by atoms with Crippen LogP contribution in [0, 0.1) is 19.7 Å². The monoisotopic (exact) mass is 402 g/mol. The molecule has 0 aliphatic rings. The van der Waals surface area contributed by atoms with Crippen molar-refractivity contribution in [3.05, 3.63) is 52.3 Å². The van der Waals surface area contributed by atoms with Gasteiger partial charge in [0.05, 0.1) is 15.7 Å². The molecule has 25 heavy (non-hydrogen) atoms. The first-order chi connectivity index (χ1) is 11.6. The van der Waals surface area contributed by atoms with Crippen molar-refractivity contribution in [2.24, 2.45) is 5.14 Å². The smallest absolute Gasteiger partial charge is 0.238 e. The molecule has 0 heterocycles. The molecular weight excluding hydrogens is 387 g/mol. The molecule has 0 saturated carbocycles. The fourth-order valence-corrected chi connectivity index (χ4v) is 3.63. The van der Waals surface area contributed by atoms with E-state index >= 15 is 0 Å². The van der Waals surface area contributed by atoms with E-state index in [1.807, 2.05) is 0 Å². The number of carbonyl (C=O) groups excluding carboxylic acids is 1. The number of anilines is 1. The molecule has 2 aromatic carbocycles. The number of hydrogen-bond acceptors (Lipinski definition) is 4. The van der Waals surface area contributed by atoms with Crippen molar-refractivity contribution in [1.29, 1.82) is 0 Å². The lowest BCUT2D eigenvalue weighted by atomic mass is 10.1. The van der Waals surface area contributed by atoms with Crippen molar-refractivity contribution in [1.82, 2.24) is 0 Å². The second kappa shape index (κ2) is 7.74. The molecule has 0 aromatic heterocycles. The summed E-state index contributed by atoms with van der Waals surface area (Å²) in [7, 11) is -3.87. The van der Waals surface area contributed by atoms with Gasteiger partial charge in [0, 0.05) is 10.6 Å². The summed E-state index contributed by atoms with van der Waals surface area (Å²) in [5.41, 5.74) is 1.82. The van der Waals surface area contributed by atoms with Gasteiger partial charge in [-0.1, -0.05) is 11.6 Å². The summed E-state index contributed by atoms with van der Waals surface area (Å²) in [5, 5.41) is 7.81. The number of rotatable bonds is 5. The summed E-state index contributed by atoms with van der Waals surface area (Å²) in [5.74, 6) is -0.805. The van der Waals surface area contributed by atoms with Crippen molar-refractivity contribution in [3.8, 4) is 0 Å². The number of sulfonamides is 1. The number of thioether (sulfide) groups is 1. The molecular formula is C16H16ClFN2O3S2. The van der Waals surface area contributed by atoms with Crippen LogP contribution >= 0.6 is 23.4 Å². The molecule has 1 amide bonds. The number of primary sulfonamides is 1. The van der Waals surface area contributed by atoms with Gasteiger partial charge in [0.2, 0.25) is 15.9 Å². The Morgan fingerprint density at radius 2 is 1.96 bits per heavy atom. The van der Waals surface area contributed by atoms with Gasteiger partial charge in [-0.15, -0.1) is 11.8 Å². The first-order valence-corrected chi connectivity index (χ1v) is 10.0. The minimum atomic E-state index is -3.87. The average Bonchev–Trinajstić information content (AvgIpc) is 2.51. The fourth-order valence-electron chi connectivity index (χ4n) is 2.02. The predicted octanol–water partition coefficient (Wildman–Crippen LogP) is 3.47. The summed E-state index contributed by atoms with van der Waals surface area (Å²) in [6.07, 6.45) is 0. The third-order valence-corrected chi connectivity index (χ3v) is 5.68. The predicted molar refractivity (Wildman–Crippen MR) is 98.1 cm³/mol. The zero-order valence-corrected chi connectivity index (χ0v) is 15.9. The normalized spacial score (nSPS) is 11.4. The molecule has 0 spiro atoms. The maximum absolute atomic E-state index is 13.1. The molecule has 2 rings (SSSR count). The Morgan fingerprint density at radius 1 is 1.28 bits per heavy atom. The van der Waals surface area contributed by atoms with Gasteiger partial charge in [-0.3, -0.25) is 4.79 Å². The SMILES string of the molecule is Cc1cc(S(N)(=O)=O)cc(NC(=O)CSc2ccc(F)c(Cl)c2)c1C. The Hall–Kier alpha value is -1.61. The van der Waals surface area contributed by atoms with Crippen LogP contribution in [-0.2, 0) is 14.8 Å². The van der Waals surface area contributed by atoms with Crippen LogP contribution in [0.2, 0.25) is 5.02 Å². The van der Waals surface area contributed by atoms with Crippen molar-refractivity contribution >= 4 is 45.0 Å². The summed E-state index contributed by atoms with van der Waals surface area (Å²) in [6, 6.07) is 6.97. The van der Waals surface area contributed by atoms with Gasteiger partial charge in [-0.05, 0) is 55.3 Å². The Balaban J connectivity index is 2.12. The summed E-state index contributed by atoms with van der Waals surface area (Å²) in [6.45, 7) is 3.50. The van der Waals surface area contributed by atoms with E-state index in [4.69, 9.17) is 16.7 Å². The zero-order valence-electron chi connectivity index (χ0n) is 13.5. The van der Waals surface area contributed by atoms with Crippen LogP contribution in [0.5, 0.6) is 0 Å². The molecule has 5 nitrogen and oxygen atoms in total. The molecule has 0 aliphatic heterocycles. The van der Waals surface area contributed by atoms with Gasteiger partial charge in [0.1, 0.15) is 5.82 Å². The lowest BCUT2D eigenvalue weighted by Crippen LogP contribution is -2.17. The molecule has 0 radical (unpaired) electrons. The summed E-state index contributed by atoms with van der Waals surface area (Å²) >= 11 is 6.88. The molecule has 3 N–H and O–H groups in total. The Kier molecular flexibility index (Phi) is 6.10. The van der Waals surface area contributed by atoms with Crippen LogP contribution < -0.4 is 10.5 Å². The molecule has 0 atom stereocenters. The van der Waals surface area contributed by atoms with Gasteiger partial charge >= 0.3 is 0 Å². The number of amides is 1. The molecule has 2 aromatic rings. The number of halogens is 2. The van der Waals surface area contributed by atoms with E-state index in [9.17, 15) is 17.6 Å². The number of aryl methyl sites for hydroxylation is 1. The van der Waals surface area contributed by atoms with Gasteiger partial charge < -0.3 is 5.32 Å². The lowest BCUT2D eigenvalue weighted by molar-refractivity contribution is -0.113. The topological polar surface area (TPSA) is 89.3 Å². The minimum absolute atomic E-state index is 0.0160. The maximum atomic E-state index is 13.1. The van der Waals surface area contributed by atoms with Gasteiger partial charge in [-0.25, -0.2) is 17.9 Å². The van der Waals surface area contributed by atoms with E-state index in [0.717, 1.165) is 5.56 Å². The van der Waals surface area contributed by atoms with Crippen LogP contribution in [0.1, 0.15) is 11.1 Å². The standard InChI is InChI=1S/C16H16ClFN2O3S2/c1-9-5-12(25(19,22)23)7-15(10(9)2)20-16(21)8-24-11-3-4-14(18)13(17)6-11/h3-7H,8H2,1-2H3,(H,20,21)(H2,19,22,23). The van der Waals surface area contributed by atoms with Gasteiger partial charge in [-0.2, -0.15) is 0 Å². The first kappa shape index (κ1) is 19.7. The average molecular weight is 403 g/mol. The molecule has 0 bridgehead atoms. The first-order valence-electron chi connectivity index (χ1n) is 7.09. The lowest BCUT2D eigenvalue weighted by Gasteiger charge is -2.12. The van der Waals surface area contributed by atoms with Crippen LogP contribution in [-0.4, -0.2) is 20.1 Å². The second-order valence-electron chi connectivity index (χ2n) is 5.37. The number of hydrogen-bond donors (Lipinski definition) is 2. The number of carbonyl (C=O) groups is 1. The van der Waals surface area contributed by atoms with Crippen LogP contribution in [0.15, 0.2) is 40.1 Å². The quantitative estimate of drug-likeness (QED) is 0.749. The van der Waals surface area contributed by atoms with E-state index in [1.165, 1.54) is 42.1 Å². The van der Waals surface area contributed by atoms with E-state index < -0.39 is 15.8 Å². The highest BCUT2D eigenvalue weighted by Crippen LogP contribution is 2.26. The Bertz CT molecular complexity index is 933. The molecule has 0 unspecified atom stereocenters. The molecule has 0 saturated heterocycles. The highest BCUT2D eigenvalue weighted by molar-refractivity contribution is 8.00. The van der Waals surface area contributed by atoms with E-state index in [0.29, 0.717) is 16.1 Å². The maximum Gasteiger partial charge on any atom is 0.238 e. The van der Waals surface area contributed by atoms with Crippen LogP contribution in [0.3, 0.4) is 0 Å². The van der Waals surface area contributed by atoms with Crippen molar-refractivity contribution in [2.45, 2.75) is 23.6 Å². The number of nitrogens with two attached hydrogens (primary N) is 1. The minimum Gasteiger partial charge on any atom is -0.325 e. The largest absolute Gasteiger partial charge is 0.325 e. The third-order valence-electron chi connectivity index (χ3n) is 3.50. The second-order valence-corrected chi connectivity index (χ2v) is 8.39. The fraction of sp³-hybridized carbons (Fsp3) is 0.188. The van der Waals surface area contributed by atoms with Crippen LogP contribution in [0.25, 0.3) is 0 Å². The highest BCUT2D eigenvalue weighted by Gasteiger charge is 2.14. The zero-order chi connectivity index (χ0) is 18.8. The molecule has 134 valence electrons. The van der Waals surface area contributed by atoms with Crippen molar-refractivity contribution in [3.63, 3.8) is 0 Å². The molecule has 0 fully saturated rings. The van der Waals surface area contributed by atoms with Gasteiger partial charge in [0.15, 0.2) is 0 Å². The third kappa shape index (κ3) is 5.18. The van der Waals surface area contributed by atoms with E-state index in [1.54, 1.807) is 13.8 Å². The Morgan fingerprint density at radius 3 is 2.56 bits per heavy atom. The number of nitrogens with one attached hydrogen (secondary N) is 1. The highest BCUT2D eigenvalue weighted by atomic mass is 35.5. The molecule has 9 heteroatoms. The number of benzene rings is 2. The van der Waals surface area contributed by atoms with Gasteiger partial charge in [0.25, 0.3) is 0 Å². The van der Waals surface area contributed by atoms with E-state index in [-0.39, 0.29) is 21.6 Å².